The van der Waals surface area contributed by atoms with Crippen molar-refractivity contribution < 1.29 is 17.2 Å². The molecule has 0 fully saturated rings. The summed E-state index contributed by atoms with van der Waals surface area (Å²) in [6.45, 7) is 2.13. The maximum absolute atomic E-state index is 13.3. The van der Waals surface area contributed by atoms with E-state index in [4.69, 9.17) is 4.42 Å². The van der Waals surface area contributed by atoms with E-state index in [1.165, 1.54) is 12.1 Å². The van der Waals surface area contributed by atoms with E-state index in [0.29, 0.717) is 5.56 Å². The van der Waals surface area contributed by atoms with Gasteiger partial charge in [-0.05, 0) is 48.9 Å². The summed E-state index contributed by atoms with van der Waals surface area (Å²) in [5.74, 6) is -0.103. The van der Waals surface area contributed by atoms with Crippen molar-refractivity contribution in [2.45, 2.75) is 23.4 Å². The number of nitrogens with zero attached hydrogens (tertiary/aromatic N) is 1. The van der Waals surface area contributed by atoms with Crippen LogP contribution < -0.4 is 5.32 Å². The summed E-state index contributed by atoms with van der Waals surface area (Å²) >= 11 is 0. The van der Waals surface area contributed by atoms with Gasteiger partial charge in [0.1, 0.15) is 5.82 Å². The van der Waals surface area contributed by atoms with E-state index in [0.717, 1.165) is 11.1 Å². The maximum atomic E-state index is 13.3. The van der Waals surface area contributed by atoms with Gasteiger partial charge in [0.2, 0.25) is 26.6 Å². The Morgan fingerprint density at radius 1 is 0.933 bits per heavy atom. The molecule has 0 atom stereocenters. The van der Waals surface area contributed by atoms with Gasteiger partial charge in [0.05, 0.1) is 4.90 Å². The molecule has 30 heavy (non-hydrogen) atoms. The lowest BCUT2D eigenvalue weighted by atomic mass is 10.2. The Morgan fingerprint density at radius 2 is 1.60 bits per heavy atom. The zero-order valence-corrected chi connectivity index (χ0v) is 17.0. The fourth-order valence-electron chi connectivity index (χ4n) is 2.92. The fraction of sp³-hybridized carbons (Fsp3) is 0.0870. The van der Waals surface area contributed by atoms with E-state index < -0.39 is 9.84 Å². The number of anilines is 1. The Morgan fingerprint density at radius 3 is 2.27 bits per heavy atom. The molecule has 0 aliphatic heterocycles. The molecule has 0 bridgehead atoms. The van der Waals surface area contributed by atoms with Crippen molar-refractivity contribution in [3.05, 3.63) is 95.8 Å². The molecule has 4 rings (SSSR count). The van der Waals surface area contributed by atoms with E-state index in [1.54, 1.807) is 48.5 Å². The predicted octanol–water partition coefficient (Wildman–Crippen LogP) is 5.23. The number of hydrogen-bond acceptors (Lipinski definition) is 5. The van der Waals surface area contributed by atoms with Gasteiger partial charge in [-0.25, -0.2) is 12.8 Å². The van der Waals surface area contributed by atoms with Gasteiger partial charge in [-0.3, -0.25) is 0 Å². The topological polar surface area (TPSA) is 72.2 Å². The van der Waals surface area contributed by atoms with Gasteiger partial charge in [0.25, 0.3) is 0 Å². The number of benzene rings is 3. The molecule has 0 aliphatic carbocycles. The van der Waals surface area contributed by atoms with Crippen LogP contribution in [0.25, 0.3) is 11.5 Å². The summed E-state index contributed by atoms with van der Waals surface area (Å²) < 4.78 is 45.5. The highest BCUT2D eigenvalue weighted by Crippen LogP contribution is 2.32. The van der Waals surface area contributed by atoms with Crippen molar-refractivity contribution in [3.8, 4) is 11.5 Å². The lowest BCUT2D eigenvalue weighted by Crippen LogP contribution is -2.07. The molecule has 5 nitrogen and oxygen atoms in total. The molecular formula is C23H19FN2O3S. The first-order valence-corrected chi connectivity index (χ1v) is 10.8. The number of aryl methyl sites for hydroxylation is 1. The molecule has 4 aromatic rings. The molecule has 0 aliphatic rings. The third-order valence-electron chi connectivity index (χ3n) is 4.57. The third kappa shape index (κ3) is 4.11. The lowest BCUT2D eigenvalue weighted by molar-refractivity contribution is 0.576. The number of oxazole rings is 1. The van der Waals surface area contributed by atoms with Crippen molar-refractivity contribution in [3.63, 3.8) is 0 Å². The Balaban J connectivity index is 1.74. The van der Waals surface area contributed by atoms with Crippen molar-refractivity contribution >= 4 is 15.7 Å². The van der Waals surface area contributed by atoms with E-state index in [9.17, 15) is 12.8 Å². The summed E-state index contributed by atoms with van der Waals surface area (Å²) in [6, 6.07) is 21.5. The van der Waals surface area contributed by atoms with Gasteiger partial charge in [-0.2, -0.15) is 4.98 Å². The molecule has 7 heteroatoms. The molecule has 152 valence electrons. The van der Waals surface area contributed by atoms with Crippen LogP contribution in [-0.4, -0.2) is 13.4 Å². The number of nitrogens with one attached hydrogen (secondary N) is 1. The Hall–Kier alpha value is -3.45. The standard InChI is InChI=1S/C23H19FN2O3S/c1-16-7-13-20(14-8-16)30(27,28)23-22(25-15-17-9-11-19(24)12-10-17)29-21(26-23)18-5-3-2-4-6-18/h2-14,25H,15H2,1H3. The normalized spacial score (nSPS) is 11.4. The summed E-state index contributed by atoms with van der Waals surface area (Å²) in [5.41, 5.74) is 2.38. The third-order valence-corrected chi connectivity index (χ3v) is 6.25. The van der Waals surface area contributed by atoms with Crippen molar-refractivity contribution in [1.82, 2.24) is 4.98 Å². The van der Waals surface area contributed by atoms with E-state index in [-0.39, 0.29) is 34.1 Å². The largest absolute Gasteiger partial charge is 0.419 e. The SMILES string of the molecule is Cc1ccc(S(=O)(=O)c2nc(-c3ccccc3)oc2NCc2ccc(F)cc2)cc1. The van der Waals surface area contributed by atoms with Gasteiger partial charge in [-0.1, -0.05) is 48.0 Å². The minimum atomic E-state index is -3.91. The number of halogens is 1. The quantitative estimate of drug-likeness (QED) is 0.460. The van der Waals surface area contributed by atoms with E-state index in [1.807, 2.05) is 25.1 Å². The monoisotopic (exact) mass is 422 g/mol. The zero-order chi connectivity index (χ0) is 21.1. The summed E-state index contributed by atoms with van der Waals surface area (Å²) in [7, 11) is -3.91. The molecule has 0 saturated carbocycles. The van der Waals surface area contributed by atoms with E-state index >= 15 is 0 Å². The fourth-order valence-corrected chi connectivity index (χ4v) is 4.20. The van der Waals surface area contributed by atoms with Gasteiger partial charge >= 0.3 is 0 Å². The molecule has 0 unspecified atom stereocenters. The van der Waals surface area contributed by atoms with Crippen LogP contribution in [0.15, 0.2) is 93.2 Å². The second-order valence-electron chi connectivity index (χ2n) is 6.82. The summed E-state index contributed by atoms with van der Waals surface area (Å²) in [4.78, 5) is 4.43. The minimum Gasteiger partial charge on any atom is -0.419 e. The van der Waals surface area contributed by atoms with Crippen molar-refractivity contribution in [2.24, 2.45) is 0 Å². The maximum Gasteiger partial charge on any atom is 0.234 e. The smallest absolute Gasteiger partial charge is 0.234 e. The number of hydrogen-bond donors (Lipinski definition) is 1. The summed E-state index contributed by atoms with van der Waals surface area (Å²) in [5, 5.41) is 2.81. The van der Waals surface area contributed by atoms with Gasteiger partial charge < -0.3 is 9.73 Å². The van der Waals surface area contributed by atoms with Gasteiger partial charge in [0.15, 0.2) is 0 Å². The predicted molar refractivity (Wildman–Crippen MR) is 112 cm³/mol. The molecule has 1 aromatic heterocycles. The van der Waals surface area contributed by atoms with Crippen LogP contribution in [0.3, 0.4) is 0 Å². The first kappa shape index (κ1) is 19.8. The molecular weight excluding hydrogens is 403 g/mol. The Bertz CT molecular complexity index is 1250. The average molecular weight is 422 g/mol. The molecule has 0 spiro atoms. The Kier molecular flexibility index (Phi) is 5.37. The van der Waals surface area contributed by atoms with E-state index in [2.05, 4.69) is 10.3 Å². The second-order valence-corrected chi connectivity index (χ2v) is 8.68. The minimum absolute atomic E-state index is 0.0405. The molecule has 0 saturated heterocycles. The Labute approximate surface area is 174 Å². The van der Waals surface area contributed by atoms with Crippen LogP contribution >= 0.6 is 0 Å². The van der Waals surface area contributed by atoms with Crippen molar-refractivity contribution in [2.75, 3.05) is 5.32 Å². The van der Waals surface area contributed by atoms with Gasteiger partial charge in [-0.15, -0.1) is 0 Å². The highest BCUT2D eigenvalue weighted by molar-refractivity contribution is 7.91. The van der Waals surface area contributed by atoms with Crippen LogP contribution in [-0.2, 0) is 16.4 Å². The molecule has 3 aromatic carbocycles. The number of rotatable bonds is 6. The number of aromatic nitrogens is 1. The van der Waals surface area contributed by atoms with Crippen LogP contribution in [0.5, 0.6) is 0 Å². The molecule has 1 heterocycles. The highest BCUT2D eigenvalue weighted by Gasteiger charge is 2.28. The second kappa shape index (κ2) is 8.12. The first-order valence-electron chi connectivity index (χ1n) is 9.30. The van der Waals surface area contributed by atoms with Crippen LogP contribution in [0, 0.1) is 12.7 Å². The summed E-state index contributed by atoms with van der Waals surface area (Å²) in [6.07, 6.45) is 0. The molecule has 1 N–H and O–H groups in total. The average Bonchev–Trinajstić information content (AvgIpc) is 3.20. The lowest BCUT2D eigenvalue weighted by Gasteiger charge is -2.07. The van der Waals surface area contributed by atoms with Crippen LogP contribution in [0.4, 0.5) is 10.3 Å². The molecule has 0 radical (unpaired) electrons. The van der Waals surface area contributed by atoms with Crippen LogP contribution in [0.1, 0.15) is 11.1 Å². The highest BCUT2D eigenvalue weighted by atomic mass is 32.2. The van der Waals surface area contributed by atoms with Crippen LogP contribution in [0.2, 0.25) is 0 Å². The van der Waals surface area contributed by atoms with Gasteiger partial charge in [0, 0.05) is 12.1 Å². The first-order chi connectivity index (χ1) is 14.4. The number of sulfone groups is 1. The molecule has 0 amide bonds. The van der Waals surface area contributed by atoms with Crippen molar-refractivity contribution in [1.29, 1.82) is 0 Å². The zero-order valence-electron chi connectivity index (χ0n) is 16.2.